The van der Waals surface area contributed by atoms with Crippen molar-refractivity contribution in [2.75, 3.05) is 0 Å². The number of carbonyl (C=O) groups excluding carboxylic acids is 1. The van der Waals surface area contributed by atoms with E-state index in [0.717, 1.165) is 10.4 Å². The second-order valence-corrected chi connectivity index (χ2v) is 3.76. The van der Waals surface area contributed by atoms with Crippen LogP contribution >= 0.6 is 11.3 Å². The van der Waals surface area contributed by atoms with Gasteiger partial charge in [0.05, 0.1) is 4.88 Å². The van der Waals surface area contributed by atoms with E-state index in [2.05, 4.69) is 0 Å². The molecule has 0 radical (unpaired) electrons. The summed E-state index contributed by atoms with van der Waals surface area (Å²) in [5.74, 6) is -2.20. The summed E-state index contributed by atoms with van der Waals surface area (Å²) in [5, 5.41) is 8.43. The molecule has 1 aromatic rings. The molecule has 0 aromatic carbocycles. The SMILES string of the molecule is Cc1cc(C)c(C(=O)C(=O)O)s1. The lowest BCUT2D eigenvalue weighted by atomic mass is 10.2. The van der Waals surface area contributed by atoms with Crippen molar-refractivity contribution in [2.24, 2.45) is 0 Å². The monoisotopic (exact) mass is 184 g/mol. The van der Waals surface area contributed by atoms with Crippen molar-refractivity contribution in [3.8, 4) is 0 Å². The predicted molar refractivity (Wildman–Crippen MR) is 45.8 cm³/mol. The van der Waals surface area contributed by atoms with Gasteiger partial charge in [-0.1, -0.05) is 0 Å². The predicted octanol–water partition coefficient (Wildman–Crippen LogP) is 1.63. The largest absolute Gasteiger partial charge is 0.475 e. The molecule has 1 N–H and O–H groups in total. The van der Waals surface area contributed by atoms with Gasteiger partial charge in [0.1, 0.15) is 0 Å². The van der Waals surface area contributed by atoms with Gasteiger partial charge >= 0.3 is 5.97 Å². The van der Waals surface area contributed by atoms with Gasteiger partial charge in [-0.2, -0.15) is 0 Å². The summed E-state index contributed by atoms with van der Waals surface area (Å²) in [6.45, 7) is 3.58. The van der Waals surface area contributed by atoms with E-state index >= 15 is 0 Å². The molecule has 4 heteroatoms. The molecule has 12 heavy (non-hydrogen) atoms. The fourth-order valence-electron chi connectivity index (χ4n) is 0.964. The van der Waals surface area contributed by atoms with Crippen LogP contribution in [-0.4, -0.2) is 16.9 Å². The minimum atomic E-state index is -1.39. The van der Waals surface area contributed by atoms with Gasteiger partial charge in [0.15, 0.2) is 0 Å². The molecule has 0 aliphatic rings. The zero-order valence-electron chi connectivity index (χ0n) is 6.75. The number of carboxylic acids is 1. The number of hydrogen-bond donors (Lipinski definition) is 1. The van der Waals surface area contributed by atoms with Crippen LogP contribution in [0.25, 0.3) is 0 Å². The molecule has 0 atom stereocenters. The maximum Gasteiger partial charge on any atom is 0.378 e. The van der Waals surface area contributed by atoms with E-state index in [-0.39, 0.29) is 0 Å². The highest BCUT2D eigenvalue weighted by atomic mass is 32.1. The van der Waals surface area contributed by atoms with Crippen LogP contribution in [0, 0.1) is 13.8 Å². The van der Waals surface area contributed by atoms with Crippen molar-refractivity contribution in [1.82, 2.24) is 0 Å². The Labute approximate surface area is 73.6 Å². The van der Waals surface area contributed by atoms with Crippen LogP contribution in [0.15, 0.2) is 6.07 Å². The molecule has 0 aliphatic heterocycles. The van der Waals surface area contributed by atoms with Gasteiger partial charge in [-0.3, -0.25) is 4.79 Å². The topological polar surface area (TPSA) is 54.4 Å². The molecule has 1 aromatic heterocycles. The highest BCUT2D eigenvalue weighted by Crippen LogP contribution is 2.21. The fraction of sp³-hybridized carbons (Fsp3) is 0.250. The Morgan fingerprint density at radius 3 is 2.33 bits per heavy atom. The lowest BCUT2D eigenvalue weighted by Crippen LogP contribution is -2.11. The highest BCUT2D eigenvalue weighted by molar-refractivity contribution is 7.15. The number of thiophene rings is 1. The van der Waals surface area contributed by atoms with E-state index in [4.69, 9.17) is 5.11 Å². The van der Waals surface area contributed by atoms with Gasteiger partial charge < -0.3 is 5.11 Å². The Morgan fingerprint density at radius 2 is 2.00 bits per heavy atom. The molecular formula is C8H8O3S. The fourth-order valence-corrected chi connectivity index (χ4v) is 1.92. The second-order valence-electron chi connectivity index (χ2n) is 2.50. The minimum Gasteiger partial charge on any atom is -0.475 e. The van der Waals surface area contributed by atoms with Crippen molar-refractivity contribution in [3.63, 3.8) is 0 Å². The van der Waals surface area contributed by atoms with Crippen LogP contribution in [0.4, 0.5) is 0 Å². The molecule has 1 rings (SSSR count). The Bertz CT molecular complexity index is 338. The highest BCUT2D eigenvalue weighted by Gasteiger charge is 2.18. The lowest BCUT2D eigenvalue weighted by molar-refractivity contribution is -0.131. The van der Waals surface area contributed by atoms with Crippen molar-refractivity contribution in [3.05, 3.63) is 21.4 Å². The smallest absolute Gasteiger partial charge is 0.378 e. The maximum absolute atomic E-state index is 11.0. The number of Topliss-reactive ketones (excluding diaryl/α,β-unsaturated/α-hetero) is 1. The molecule has 3 nitrogen and oxygen atoms in total. The van der Waals surface area contributed by atoms with Gasteiger partial charge in [-0.05, 0) is 25.5 Å². The van der Waals surface area contributed by atoms with Crippen LogP contribution in [0.3, 0.4) is 0 Å². The summed E-state index contributed by atoms with van der Waals surface area (Å²) in [7, 11) is 0. The zero-order chi connectivity index (χ0) is 9.30. The van der Waals surface area contributed by atoms with Crippen LogP contribution in [0.1, 0.15) is 20.1 Å². The van der Waals surface area contributed by atoms with Crippen molar-refractivity contribution >= 4 is 23.1 Å². The van der Waals surface area contributed by atoms with Crippen molar-refractivity contribution in [2.45, 2.75) is 13.8 Å². The molecule has 0 bridgehead atoms. The van der Waals surface area contributed by atoms with E-state index in [1.165, 1.54) is 11.3 Å². The average molecular weight is 184 g/mol. The first kappa shape index (κ1) is 8.93. The molecule has 0 aliphatic carbocycles. The van der Waals surface area contributed by atoms with Crippen LogP contribution in [-0.2, 0) is 4.79 Å². The number of carbonyl (C=O) groups is 2. The Kier molecular flexibility index (Phi) is 2.28. The third kappa shape index (κ3) is 1.53. The molecule has 64 valence electrons. The molecule has 0 saturated carbocycles. The maximum atomic E-state index is 11.0. The minimum absolute atomic E-state index is 0.333. The Morgan fingerprint density at radius 1 is 1.42 bits per heavy atom. The van der Waals surface area contributed by atoms with Gasteiger partial charge in [-0.15, -0.1) is 11.3 Å². The molecule has 0 saturated heterocycles. The van der Waals surface area contributed by atoms with E-state index < -0.39 is 11.8 Å². The van der Waals surface area contributed by atoms with Crippen LogP contribution in [0.5, 0.6) is 0 Å². The molecular weight excluding hydrogens is 176 g/mol. The number of carboxylic acid groups (broad SMARTS) is 1. The van der Waals surface area contributed by atoms with Crippen LogP contribution in [0.2, 0.25) is 0 Å². The average Bonchev–Trinajstić information content (AvgIpc) is 2.28. The molecule has 0 amide bonds. The van der Waals surface area contributed by atoms with E-state index in [1.807, 2.05) is 6.92 Å². The number of rotatable bonds is 2. The summed E-state index contributed by atoms with van der Waals surface area (Å²) >= 11 is 1.22. The first-order valence-electron chi connectivity index (χ1n) is 3.37. The summed E-state index contributed by atoms with van der Waals surface area (Å²) in [5.41, 5.74) is 0.741. The molecule has 0 spiro atoms. The van der Waals surface area contributed by atoms with Gasteiger partial charge in [0.25, 0.3) is 5.78 Å². The van der Waals surface area contributed by atoms with Gasteiger partial charge in [-0.25, -0.2) is 4.79 Å². The lowest BCUT2D eigenvalue weighted by Gasteiger charge is -1.90. The standard InChI is InChI=1S/C8H8O3S/c1-4-3-5(2)12-7(4)6(9)8(10)11/h3H,1-2H3,(H,10,11). The normalized spacial score (nSPS) is 9.83. The first-order valence-corrected chi connectivity index (χ1v) is 4.18. The third-order valence-corrected chi connectivity index (χ3v) is 2.59. The van der Waals surface area contributed by atoms with Crippen molar-refractivity contribution < 1.29 is 14.7 Å². The summed E-state index contributed by atoms with van der Waals surface area (Å²) in [6, 6.07) is 1.81. The quantitative estimate of drug-likeness (QED) is 0.561. The second kappa shape index (κ2) is 3.06. The molecule has 0 fully saturated rings. The molecule has 1 heterocycles. The summed E-state index contributed by atoms with van der Waals surface area (Å²) in [4.78, 5) is 22.6. The number of aliphatic carboxylic acids is 1. The zero-order valence-corrected chi connectivity index (χ0v) is 7.57. The Hall–Kier alpha value is -1.16. The number of hydrogen-bond acceptors (Lipinski definition) is 3. The Balaban J connectivity index is 3.11. The number of aryl methyl sites for hydroxylation is 2. The summed E-state index contributed by atoms with van der Waals surface area (Å²) in [6.07, 6.45) is 0. The van der Waals surface area contributed by atoms with Gasteiger partial charge in [0.2, 0.25) is 0 Å². The van der Waals surface area contributed by atoms with Crippen molar-refractivity contribution in [1.29, 1.82) is 0 Å². The van der Waals surface area contributed by atoms with Crippen LogP contribution < -0.4 is 0 Å². The van der Waals surface area contributed by atoms with E-state index in [9.17, 15) is 9.59 Å². The van der Waals surface area contributed by atoms with E-state index in [1.54, 1.807) is 13.0 Å². The number of ketones is 1. The summed E-state index contributed by atoms with van der Waals surface area (Å²) < 4.78 is 0. The van der Waals surface area contributed by atoms with E-state index in [0.29, 0.717) is 4.88 Å². The third-order valence-electron chi connectivity index (χ3n) is 1.44. The first-order chi connectivity index (χ1) is 5.52. The molecule has 0 unspecified atom stereocenters. The van der Waals surface area contributed by atoms with Gasteiger partial charge in [0, 0.05) is 4.88 Å².